The summed E-state index contributed by atoms with van der Waals surface area (Å²) in [6, 6.07) is 9.16. The highest BCUT2D eigenvalue weighted by Gasteiger charge is 2.10. The predicted octanol–water partition coefficient (Wildman–Crippen LogP) is 5.65. The molecule has 1 aromatic carbocycles. The first-order chi connectivity index (χ1) is 10.0. The lowest BCUT2D eigenvalue weighted by atomic mass is 9.95. The summed E-state index contributed by atoms with van der Waals surface area (Å²) >= 11 is 0. The molecule has 0 aliphatic rings. The van der Waals surface area contributed by atoms with E-state index in [0.717, 1.165) is 12.8 Å². The van der Waals surface area contributed by atoms with Crippen molar-refractivity contribution in [3.05, 3.63) is 35.4 Å². The van der Waals surface area contributed by atoms with Gasteiger partial charge in [-0.05, 0) is 50.7 Å². The highest BCUT2D eigenvalue weighted by molar-refractivity contribution is 5.23. The smallest absolute Gasteiger partial charge is 0.0100 e. The molecular weight excluding hydrogens is 254 g/mol. The summed E-state index contributed by atoms with van der Waals surface area (Å²) in [7, 11) is 0. The maximum Gasteiger partial charge on any atom is 0.0100 e. The van der Waals surface area contributed by atoms with Gasteiger partial charge in [-0.3, -0.25) is 0 Å². The monoisotopic (exact) mass is 289 g/mol. The molecule has 0 atom stereocenters. The Bertz CT molecular complexity index is 358. The van der Waals surface area contributed by atoms with Crippen LogP contribution in [0.2, 0.25) is 0 Å². The van der Waals surface area contributed by atoms with Crippen LogP contribution in [0.3, 0.4) is 0 Å². The third-order valence-corrected chi connectivity index (χ3v) is 4.15. The van der Waals surface area contributed by atoms with Gasteiger partial charge in [0.1, 0.15) is 0 Å². The minimum atomic E-state index is -0.0591. The van der Waals surface area contributed by atoms with Gasteiger partial charge >= 0.3 is 0 Å². The fourth-order valence-corrected chi connectivity index (χ4v) is 2.63. The maximum atomic E-state index is 6.04. The molecule has 0 aromatic heterocycles. The third-order valence-electron chi connectivity index (χ3n) is 4.15. The van der Waals surface area contributed by atoms with Crippen molar-refractivity contribution >= 4 is 0 Å². The Kier molecular flexibility index (Phi) is 8.68. The number of hydrogen-bond acceptors (Lipinski definition) is 1. The second-order valence-electron chi connectivity index (χ2n) is 7.18. The molecule has 21 heavy (non-hydrogen) atoms. The van der Waals surface area contributed by atoms with E-state index < -0.39 is 0 Å². The molecule has 0 aliphatic heterocycles. The van der Waals surface area contributed by atoms with Crippen molar-refractivity contribution in [1.82, 2.24) is 0 Å². The average Bonchev–Trinajstić information content (AvgIpc) is 2.44. The molecular formula is C20H35N. The van der Waals surface area contributed by atoms with Crippen molar-refractivity contribution in [2.24, 2.45) is 5.73 Å². The number of benzene rings is 1. The highest BCUT2D eigenvalue weighted by Crippen LogP contribution is 2.14. The van der Waals surface area contributed by atoms with Crippen molar-refractivity contribution in [2.45, 2.75) is 90.5 Å². The molecule has 0 spiro atoms. The molecule has 1 rings (SSSR count). The highest BCUT2D eigenvalue weighted by atomic mass is 14.7. The molecule has 120 valence electrons. The van der Waals surface area contributed by atoms with Gasteiger partial charge in [0.15, 0.2) is 0 Å². The number of nitrogens with two attached hydrogens (primary N) is 1. The van der Waals surface area contributed by atoms with Crippen LogP contribution in [-0.2, 0) is 12.8 Å². The minimum absolute atomic E-state index is 0.0591. The minimum Gasteiger partial charge on any atom is -0.326 e. The van der Waals surface area contributed by atoms with Crippen LogP contribution in [0.4, 0.5) is 0 Å². The van der Waals surface area contributed by atoms with Gasteiger partial charge in [0.2, 0.25) is 0 Å². The Labute approximate surface area is 132 Å². The molecule has 1 aromatic rings. The van der Waals surface area contributed by atoms with E-state index in [0.29, 0.717) is 0 Å². The van der Waals surface area contributed by atoms with E-state index in [4.69, 9.17) is 5.73 Å². The molecule has 0 bridgehead atoms. The molecule has 2 N–H and O–H groups in total. The van der Waals surface area contributed by atoms with Gasteiger partial charge in [0.05, 0.1) is 0 Å². The fraction of sp³-hybridized carbons (Fsp3) is 0.700. The molecule has 1 heteroatoms. The zero-order chi connectivity index (χ0) is 15.6. The van der Waals surface area contributed by atoms with E-state index in [-0.39, 0.29) is 5.54 Å². The van der Waals surface area contributed by atoms with E-state index in [1.54, 1.807) is 0 Å². The molecule has 0 unspecified atom stereocenters. The molecule has 1 nitrogen and oxygen atoms in total. The number of aryl methyl sites for hydroxylation is 2. The largest absolute Gasteiger partial charge is 0.326 e. The SMILES string of the molecule is CCCCCCCCCc1ccc(CCC(C)(C)N)cc1. The number of hydrogen-bond donors (Lipinski definition) is 1. The Morgan fingerprint density at radius 2 is 1.24 bits per heavy atom. The lowest BCUT2D eigenvalue weighted by Gasteiger charge is -2.18. The van der Waals surface area contributed by atoms with Crippen molar-refractivity contribution in [2.75, 3.05) is 0 Å². The van der Waals surface area contributed by atoms with Gasteiger partial charge in [-0.2, -0.15) is 0 Å². The van der Waals surface area contributed by atoms with Crippen molar-refractivity contribution < 1.29 is 0 Å². The standard InChI is InChI=1S/C20H35N/c1-4-5-6-7-8-9-10-11-18-12-14-19(15-13-18)16-17-20(2,3)21/h12-15H,4-11,16-17,21H2,1-3H3. The molecule has 0 aliphatic carbocycles. The summed E-state index contributed by atoms with van der Waals surface area (Å²) in [5.74, 6) is 0. The van der Waals surface area contributed by atoms with Crippen molar-refractivity contribution in [3.63, 3.8) is 0 Å². The first-order valence-electron chi connectivity index (χ1n) is 8.88. The van der Waals surface area contributed by atoms with Crippen LogP contribution in [0.15, 0.2) is 24.3 Å². The normalized spacial score (nSPS) is 11.8. The van der Waals surface area contributed by atoms with Crippen LogP contribution in [0.25, 0.3) is 0 Å². The van der Waals surface area contributed by atoms with Crippen LogP contribution in [0.1, 0.15) is 83.3 Å². The summed E-state index contributed by atoms with van der Waals surface area (Å²) in [5, 5.41) is 0. The van der Waals surface area contributed by atoms with Crippen LogP contribution < -0.4 is 5.73 Å². The van der Waals surface area contributed by atoms with Gasteiger partial charge in [-0.1, -0.05) is 69.7 Å². The first-order valence-corrected chi connectivity index (χ1v) is 8.88. The van der Waals surface area contributed by atoms with E-state index >= 15 is 0 Å². The molecule has 0 saturated heterocycles. The van der Waals surface area contributed by atoms with Gasteiger partial charge in [0, 0.05) is 5.54 Å². The first kappa shape index (κ1) is 18.2. The van der Waals surface area contributed by atoms with Gasteiger partial charge < -0.3 is 5.73 Å². The lowest BCUT2D eigenvalue weighted by molar-refractivity contribution is 0.477. The van der Waals surface area contributed by atoms with Crippen molar-refractivity contribution in [1.29, 1.82) is 0 Å². The Morgan fingerprint density at radius 3 is 1.76 bits per heavy atom. The second-order valence-corrected chi connectivity index (χ2v) is 7.18. The lowest BCUT2D eigenvalue weighted by Crippen LogP contribution is -2.32. The quantitative estimate of drug-likeness (QED) is 0.523. The van der Waals surface area contributed by atoms with Gasteiger partial charge in [-0.15, -0.1) is 0 Å². The summed E-state index contributed by atoms with van der Waals surface area (Å²) in [4.78, 5) is 0. The van der Waals surface area contributed by atoms with Gasteiger partial charge in [0.25, 0.3) is 0 Å². The Hall–Kier alpha value is -0.820. The second kappa shape index (κ2) is 10.00. The predicted molar refractivity (Wildman–Crippen MR) is 94.7 cm³/mol. The average molecular weight is 290 g/mol. The van der Waals surface area contributed by atoms with Crippen LogP contribution in [0, 0.1) is 0 Å². The van der Waals surface area contributed by atoms with E-state index in [2.05, 4.69) is 45.0 Å². The van der Waals surface area contributed by atoms with Crippen LogP contribution in [-0.4, -0.2) is 5.54 Å². The van der Waals surface area contributed by atoms with Crippen molar-refractivity contribution in [3.8, 4) is 0 Å². The maximum absolute atomic E-state index is 6.04. The third kappa shape index (κ3) is 9.68. The Balaban J connectivity index is 2.16. The number of rotatable bonds is 11. The van der Waals surface area contributed by atoms with Crippen LogP contribution >= 0.6 is 0 Å². The molecule has 0 heterocycles. The van der Waals surface area contributed by atoms with E-state index in [1.165, 1.54) is 62.5 Å². The van der Waals surface area contributed by atoms with Crippen LogP contribution in [0.5, 0.6) is 0 Å². The molecule has 0 saturated carbocycles. The topological polar surface area (TPSA) is 26.0 Å². The zero-order valence-electron chi connectivity index (χ0n) is 14.5. The fourth-order valence-electron chi connectivity index (χ4n) is 2.63. The Morgan fingerprint density at radius 1 is 0.762 bits per heavy atom. The van der Waals surface area contributed by atoms with E-state index in [9.17, 15) is 0 Å². The number of unbranched alkanes of at least 4 members (excludes halogenated alkanes) is 6. The summed E-state index contributed by atoms with van der Waals surface area (Å²) in [6.45, 7) is 6.47. The van der Waals surface area contributed by atoms with Gasteiger partial charge in [-0.25, -0.2) is 0 Å². The van der Waals surface area contributed by atoms with E-state index in [1.807, 2.05) is 0 Å². The summed E-state index contributed by atoms with van der Waals surface area (Å²) in [5.41, 5.74) is 8.88. The summed E-state index contributed by atoms with van der Waals surface area (Å²) < 4.78 is 0. The molecule has 0 amide bonds. The summed E-state index contributed by atoms with van der Waals surface area (Å²) in [6.07, 6.45) is 13.1. The zero-order valence-corrected chi connectivity index (χ0v) is 14.5. The molecule has 0 radical (unpaired) electrons. The molecule has 0 fully saturated rings.